The van der Waals surface area contributed by atoms with Gasteiger partial charge in [-0.2, -0.15) is 0 Å². The van der Waals surface area contributed by atoms with E-state index in [0.717, 1.165) is 0 Å². The predicted molar refractivity (Wildman–Crippen MR) is 90.5 cm³/mol. The third kappa shape index (κ3) is 5.75. The van der Waals surface area contributed by atoms with E-state index in [2.05, 4.69) is 10.6 Å². The van der Waals surface area contributed by atoms with E-state index in [9.17, 15) is 9.18 Å². The number of carbonyl (C=O) groups is 1. The third-order valence-corrected chi connectivity index (χ3v) is 4.20. The van der Waals surface area contributed by atoms with Gasteiger partial charge in [0.05, 0.1) is 10.6 Å². The van der Waals surface area contributed by atoms with E-state index >= 15 is 0 Å². The van der Waals surface area contributed by atoms with Gasteiger partial charge in [0.25, 0.3) is 5.91 Å². The lowest BCUT2D eigenvalue weighted by Crippen LogP contribution is -2.37. The first-order chi connectivity index (χ1) is 10.2. The summed E-state index contributed by atoms with van der Waals surface area (Å²) in [6.07, 6.45) is 7.59. The zero-order valence-corrected chi connectivity index (χ0v) is 14.1. The van der Waals surface area contributed by atoms with Gasteiger partial charge >= 0.3 is 0 Å². The summed E-state index contributed by atoms with van der Waals surface area (Å²) < 4.78 is 13.6. The molecule has 22 heavy (non-hydrogen) atoms. The van der Waals surface area contributed by atoms with Crippen molar-refractivity contribution < 1.29 is 9.18 Å². The quantitative estimate of drug-likeness (QED) is 0.624. The lowest BCUT2D eigenvalue weighted by molar-refractivity contribution is 0.0949. The summed E-state index contributed by atoms with van der Waals surface area (Å²) >= 11 is 5.86. The van der Waals surface area contributed by atoms with Gasteiger partial charge in [-0.3, -0.25) is 4.79 Å². The number of nitrogens with one attached hydrogen (secondary N) is 2. The van der Waals surface area contributed by atoms with Crippen molar-refractivity contribution in [1.82, 2.24) is 10.6 Å². The van der Waals surface area contributed by atoms with Crippen molar-refractivity contribution in [2.24, 2.45) is 0 Å². The molecule has 3 nitrogen and oxygen atoms in total. The molecule has 124 valence electrons. The number of benzene rings is 1. The largest absolute Gasteiger partial charge is 0.351 e. The maximum Gasteiger partial charge on any atom is 0.255 e. The number of amides is 1. The first kappa shape index (κ1) is 19.2. The highest BCUT2D eigenvalue weighted by Gasteiger charge is 2.15. The van der Waals surface area contributed by atoms with Crippen LogP contribution in [-0.2, 0) is 0 Å². The van der Waals surface area contributed by atoms with Gasteiger partial charge in [0.15, 0.2) is 0 Å². The van der Waals surface area contributed by atoms with Crippen molar-refractivity contribution in [3.8, 4) is 0 Å². The first-order valence-corrected chi connectivity index (χ1v) is 8.02. The van der Waals surface area contributed by atoms with E-state index in [4.69, 9.17) is 11.6 Å². The van der Waals surface area contributed by atoms with Gasteiger partial charge in [-0.05, 0) is 25.0 Å². The minimum atomic E-state index is -0.586. The fourth-order valence-corrected chi connectivity index (χ4v) is 2.99. The van der Waals surface area contributed by atoms with Crippen LogP contribution in [0.2, 0.25) is 5.02 Å². The van der Waals surface area contributed by atoms with Gasteiger partial charge in [-0.15, -0.1) is 12.4 Å². The average Bonchev–Trinajstić information content (AvgIpc) is 2.72. The monoisotopic (exact) mass is 348 g/mol. The van der Waals surface area contributed by atoms with Crippen LogP contribution in [-0.4, -0.2) is 25.0 Å². The van der Waals surface area contributed by atoms with E-state index in [1.165, 1.54) is 56.7 Å². The van der Waals surface area contributed by atoms with E-state index in [-0.39, 0.29) is 23.0 Å². The Kier molecular flexibility index (Phi) is 8.76. The molecule has 2 rings (SSSR count). The van der Waals surface area contributed by atoms with Crippen LogP contribution in [0.4, 0.5) is 4.39 Å². The minimum Gasteiger partial charge on any atom is -0.351 e. The highest BCUT2D eigenvalue weighted by Crippen LogP contribution is 2.19. The lowest BCUT2D eigenvalue weighted by atomic mass is 10.1. The van der Waals surface area contributed by atoms with Crippen LogP contribution < -0.4 is 10.6 Å². The maximum atomic E-state index is 13.6. The summed E-state index contributed by atoms with van der Waals surface area (Å²) in [5.74, 6) is -1.04. The summed E-state index contributed by atoms with van der Waals surface area (Å²) in [5, 5.41) is 6.31. The van der Waals surface area contributed by atoms with Crippen LogP contribution in [0, 0.1) is 5.82 Å². The summed E-state index contributed by atoms with van der Waals surface area (Å²) in [6, 6.07) is 4.79. The molecule has 1 saturated carbocycles. The Morgan fingerprint density at radius 1 is 1.18 bits per heavy atom. The van der Waals surface area contributed by atoms with Crippen LogP contribution in [0.3, 0.4) is 0 Å². The summed E-state index contributed by atoms with van der Waals surface area (Å²) in [6.45, 7) is 1.17. The molecule has 1 aromatic rings. The van der Waals surface area contributed by atoms with Gasteiger partial charge in [0.1, 0.15) is 5.82 Å². The average molecular weight is 349 g/mol. The van der Waals surface area contributed by atoms with E-state index in [1.807, 2.05) is 0 Å². The Morgan fingerprint density at radius 2 is 1.86 bits per heavy atom. The first-order valence-electron chi connectivity index (χ1n) is 7.64. The van der Waals surface area contributed by atoms with Crippen molar-refractivity contribution in [2.45, 2.75) is 44.6 Å². The van der Waals surface area contributed by atoms with Crippen molar-refractivity contribution in [1.29, 1.82) is 0 Å². The number of rotatable bonds is 5. The standard InChI is InChI=1S/C16H22ClFN2O.ClH/c17-13-8-5-9-14(18)15(13)16(21)20-11-10-19-12-6-3-1-2-4-7-12;/h5,8-9,12,19H,1-4,6-7,10-11H2,(H,20,21);1H. The van der Waals surface area contributed by atoms with Crippen LogP contribution in [0.1, 0.15) is 48.9 Å². The second-order valence-electron chi connectivity index (χ2n) is 5.50. The van der Waals surface area contributed by atoms with Crippen LogP contribution in [0.15, 0.2) is 18.2 Å². The molecule has 1 aliphatic carbocycles. The third-order valence-electron chi connectivity index (χ3n) is 3.89. The smallest absolute Gasteiger partial charge is 0.255 e. The Labute approximate surface area is 142 Å². The second kappa shape index (κ2) is 10.0. The minimum absolute atomic E-state index is 0. The molecular formula is C16H23Cl2FN2O. The van der Waals surface area contributed by atoms with Crippen molar-refractivity contribution in [3.05, 3.63) is 34.6 Å². The number of hydrogen-bond donors (Lipinski definition) is 2. The molecule has 0 radical (unpaired) electrons. The van der Waals surface area contributed by atoms with Crippen molar-refractivity contribution in [3.63, 3.8) is 0 Å². The van der Waals surface area contributed by atoms with Crippen molar-refractivity contribution in [2.75, 3.05) is 13.1 Å². The van der Waals surface area contributed by atoms with Crippen LogP contribution in [0.25, 0.3) is 0 Å². The highest BCUT2D eigenvalue weighted by molar-refractivity contribution is 6.33. The molecule has 0 heterocycles. The number of halogens is 3. The van der Waals surface area contributed by atoms with Gasteiger partial charge in [0, 0.05) is 19.1 Å². The Balaban J connectivity index is 0.00000242. The normalized spacial score (nSPS) is 15.7. The van der Waals surface area contributed by atoms with Gasteiger partial charge in [-0.1, -0.05) is 43.4 Å². The SMILES string of the molecule is Cl.O=C(NCCNC1CCCCCC1)c1c(F)cccc1Cl. The fourth-order valence-electron chi connectivity index (χ4n) is 2.74. The van der Waals surface area contributed by atoms with Crippen LogP contribution >= 0.6 is 24.0 Å². The molecule has 0 bridgehead atoms. The molecule has 0 unspecified atom stereocenters. The Hall–Kier alpha value is -0.840. The Bertz CT molecular complexity index is 457. The topological polar surface area (TPSA) is 41.1 Å². The lowest BCUT2D eigenvalue weighted by Gasteiger charge is -2.16. The van der Waals surface area contributed by atoms with E-state index in [0.29, 0.717) is 19.1 Å². The zero-order chi connectivity index (χ0) is 15.1. The van der Waals surface area contributed by atoms with Crippen molar-refractivity contribution >= 4 is 29.9 Å². The number of hydrogen-bond acceptors (Lipinski definition) is 2. The molecule has 2 N–H and O–H groups in total. The summed E-state index contributed by atoms with van der Waals surface area (Å²) in [5.41, 5.74) is -0.0753. The molecule has 0 saturated heterocycles. The zero-order valence-electron chi connectivity index (χ0n) is 12.5. The Morgan fingerprint density at radius 3 is 2.50 bits per heavy atom. The van der Waals surface area contributed by atoms with E-state index in [1.54, 1.807) is 0 Å². The van der Waals surface area contributed by atoms with Gasteiger partial charge < -0.3 is 10.6 Å². The molecule has 0 spiro atoms. The molecule has 6 heteroatoms. The molecule has 0 aliphatic heterocycles. The fraction of sp³-hybridized carbons (Fsp3) is 0.562. The summed E-state index contributed by atoms with van der Waals surface area (Å²) in [4.78, 5) is 11.9. The molecule has 0 aromatic heterocycles. The molecule has 1 aromatic carbocycles. The molecule has 0 atom stereocenters. The maximum absolute atomic E-state index is 13.6. The molecule has 1 aliphatic rings. The second-order valence-corrected chi connectivity index (χ2v) is 5.90. The molecule has 1 fully saturated rings. The number of carbonyl (C=O) groups excluding carboxylic acids is 1. The van der Waals surface area contributed by atoms with Crippen LogP contribution in [0.5, 0.6) is 0 Å². The molecule has 1 amide bonds. The summed E-state index contributed by atoms with van der Waals surface area (Å²) in [7, 11) is 0. The molecular weight excluding hydrogens is 326 g/mol. The predicted octanol–water partition coefficient (Wildman–Crippen LogP) is 3.94. The van der Waals surface area contributed by atoms with E-state index < -0.39 is 11.7 Å². The van der Waals surface area contributed by atoms with Gasteiger partial charge in [-0.25, -0.2) is 4.39 Å². The van der Waals surface area contributed by atoms with Gasteiger partial charge in [0.2, 0.25) is 0 Å². The highest BCUT2D eigenvalue weighted by atomic mass is 35.5.